The van der Waals surface area contributed by atoms with Gasteiger partial charge in [-0.3, -0.25) is 10.2 Å². The number of hydrogen-bond acceptors (Lipinski definition) is 6. The molecule has 1 amide bonds. The van der Waals surface area contributed by atoms with Crippen LogP contribution in [0.15, 0.2) is 12.7 Å². The lowest BCUT2D eigenvalue weighted by Crippen LogP contribution is -2.54. The molecular weight excluding hydrogens is 500 g/mol. The Balaban J connectivity index is 4.65. The molecule has 0 aliphatic carbocycles. The molecule has 0 heterocycles. The minimum atomic E-state index is -1.35. The highest BCUT2D eigenvalue weighted by Gasteiger charge is 2.35. The Labute approximate surface area is 230 Å². The molecule has 0 spiro atoms. The van der Waals surface area contributed by atoms with Crippen LogP contribution in [0.4, 0.5) is 0 Å². The van der Waals surface area contributed by atoms with Crippen LogP contribution in [0.25, 0.3) is 0 Å². The van der Waals surface area contributed by atoms with Gasteiger partial charge in [0.1, 0.15) is 0 Å². The fraction of sp³-hybridized carbons (Fsp3) is 0.893. The number of aliphatic hydroxyl groups is 2. The van der Waals surface area contributed by atoms with Gasteiger partial charge in [0.05, 0.1) is 41.1 Å². The number of nitrogens with one attached hydrogen (secondary N) is 1. The van der Waals surface area contributed by atoms with Crippen LogP contribution in [-0.2, 0) is 14.3 Å². The highest BCUT2D eigenvalue weighted by atomic mass is 28.3. The summed E-state index contributed by atoms with van der Waals surface area (Å²) in [5.74, 6) is -0.395. The van der Waals surface area contributed by atoms with Crippen LogP contribution >= 0.6 is 0 Å². The van der Waals surface area contributed by atoms with Crippen LogP contribution < -0.4 is 5.43 Å². The lowest BCUT2D eigenvalue weighted by atomic mass is 10.1. The first-order valence-corrected chi connectivity index (χ1v) is 20.3. The molecule has 7 nitrogen and oxygen atoms in total. The molecule has 0 radical (unpaired) electrons. The van der Waals surface area contributed by atoms with Gasteiger partial charge in [-0.1, -0.05) is 86.4 Å². The van der Waals surface area contributed by atoms with E-state index in [-0.39, 0.29) is 26.3 Å². The Kier molecular flexibility index (Phi) is 15.1. The smallest absolute Gasteiger partial charge is 0.257 e. The normalized spacial score (nSPS) is 15.9. The summed E-state index contributed by atoms with van der Waals surface area (Å²) < 4.78 is 11.6. The molecule has 2 atom stereocenters. The summed E-state index contributed by atoms with van der Waals surface area (Å²) in [6.07, 6.45) is 2.30. The number of nitrogens with zero attached hydrogens (tertiary/aromatic N) is 1. The quantitative estimate of drug-likeness (QED) is 0.0894. The number of ether oxygens (including phenoxy) is 2. The molecule has 9 heteroatoms. The zero-order valence-electron chi connectivity index (χ0n) is 26.0. The summed E-state index contributed by atoms with van der Waals surface area (Å²) in [5, 5.41) is 23.7. The van der Waals surface area contributed by atoms with Gasteiger partial charge in [-0.2, -0.15) is 0 Å². The lowest BCUT2D eigenvalue weighted by Gasteiger charge is -2.37. The molecule has 37 heavy (non-hydrogen) atoms. The molecule has 220 valence electrons. The van der Waals surface area contributed by atoms with Crippen LogP contribution in [0.5, 0.6) is 0 Å². The molecule has 0 rings (SSSR count). The number of hydrogen-bond donors (Lipinski definition) is 3. The number of aliphatic hydroxyl groups excluding tert-OH is 1. The lowest BCUT2D eigenvalue weighted by molar-refractivity contribution is -0.125. The summed E-state index contributed by atoms with van der Waals surface area (Å²) in [6, 6.07) is 2.34. The van der Waals surface area contributed by atoms with Gasteiger partial charge >= 0.3 is 0 Å². The first kappa shape index (κ1) is 36.4. The van der Waals surface area contributed by atoms with Gasteiger partial charge in [-0.05, 0) is 35.9 Å². The predicted octanol–water partition coefficient (Wildman–Crippen LogP) is 5.45. The number of hydrazine groups is 1. The van der Waals surface area contributed by atoms with E-state index < -0.39 is 33.8 Å². The van der Waals surface area contributed by atoms with Crippen molar-refractivity contribution in [3.05, 3.63) is 12.7 Å². The molecule has 2 unspecified atom stereocenters. The van der Waals surface area contributed by atoms with Crippen molar-refractivity contribution in [2.24, 2.45) is 0 Å². The average molecular weight is 561 g/mol. The molecule has 0 aliphatic rings. The van der Waals surface area contributed by atoms with Crippen molar-refractivity contribution in [1.82, 2.24) is 10.4 Å². The van der Waals surface area contributed by atoms with E-state index in [1.807, 2.05) is 0 Å². The number of rotatable bonds is 18. The molecular formula is C28H60N2O5Si2. The van der Waals surface area contributed by atoms with Gasteiger partial charge in [0.2, 0.25) is 0 Å². The number of amides is 1. The molecule has 0 aromatic heterocycles. The summed E-state index contributed by atoms with van der Waals surface area (Å²) in [4.78, 5) is 11.9. The molecule has 3 N–H and O–H groups in total. The summed E-state index contributed by atoms with van der Waals surface area (Å²) in [7, 11) is -2.69. The maximum atomic E-state index is 11.9. The van der Waals surface area contributed by atoms with Crippen molar-refractivity contribution in [1.29, 1.82) is 0 Å². The van der Waals surface area contributed by atoms with Crippen LogP contribution in [-0.4, -0.2) is 88.5 Å². The maximum Gasteiger partial charge on any atom is 0.257 e. The van der Waals surface area contributed by atoms with E-state index in [0.717, 1.165) is 12.8 Å². The summed E-state index contributed by atoms with van der Waals surface area (Å²) >= 11 is 0. The van der Waals surface area contributed by atoms with Gasteiger partial charge in [0.25, 0.3) is 5.91 Å². The third-order valence-electron chi connectivity index (χ3n) is 8.38. The third kappa shape index (κ3) is 15.0. The average Bonchev–Trinajstić information content (AvgIpc) is 2.70. The second-order valence-electron chi connectivity index (χ2n) is 14.3. The van der Waals surface area contributed by atoms with E-state index in [0.29, 0.717) is 23.3 Å². The highest BCUT2D eigenvalue weighted by molar-refractivity contribution is 6.80. The van der Waals surface area contributed by atoms with Crippen molar-refractivity contribution in [2.45, 2.75) is 121 Å². The van der Waals surface area contributed by atoms with Gasteiger partial charge in [0.15, 0.2) is 0 Å². The fourth-order valence-corrected chi connectivity index (χ4v) is 7.17. The van der Waals surface area contributed by atoms with Gasteiger partial charge in [-0.25, -0.2) is 5.01 Å². The zero-order valence-corrected chi connectivity index (χ0v) is 28.0. The fourth-order valence-electron chi connectivity index (χ4n) is 3.61. The van der Waals surface area contributed by atoms with Crippen LogP contribution in [0.3, 0.4) is 0 Å². The molecule has 0 bridgehead atoms. The van der Waals surface area contributed by atoms with E-state index in [2.05, 4.69) is 79.7 Å². The zero-order chi connectivity index (χ0) is 29.1. The van der Waals surface area contributed by atoms with Crippen molar-refractivity contribution in [2.75, 3.05) is 39.5 Å². The number of carbonyl (C=O) groups is 1. The second kappa shape index (κ2) is 15.3. The molecule has 0 fully saturated rings. The monoisotopic (exact) mass is 560 g/mol. The van der Waals surface area contributed by atoms with Gasteiger partial charge in [0, 0.05) is 26.3 Å². The SMILES string of the molecule is C=CC(=O)NN(CC(O)COCCC[Si](C)(C)C(C)(C)C)CC(C)(O)COCCC[Si](C)(C)C(C)(C)C. The maximum absolute atomic E-state index is 11.9. The van der Waals surface area contributed by atoms with Crippen molar-refractivity contribution >= 4 is 22.1 Å². The first-order valence-electron chi connectivity index (χ1n) is 13.9. The number of carbonyl (C=O) groups excluding carboxylic acids is 1. The van der Waals surface area contributed by atoms with Crippen LogP contribution in [0.2, 0.25) is 48.4 Å². The molecule has 0 aromatic rings. The van der Waals surface area contributed by atoms with E-state index >= 15 is 0 Å². The molecule has 0 aliphatic heterocycles. The van der Waals surface area contributed by atoms with E-state index in [4.69, 9.17) is 9.47 Å². The molecule has 0 saturated heterocycles. The van der Waals surface area contributed by atoms with Gasteiger partial charge in [-0.15, -0.1) is 0 Å². The summed E-state index contributed by atoms with van der Waals surface area (Å²) in [5.41, 5.74) is 1.49. The summed E-state index contributed by atoms with van der Waals surface area (Å²) in [6.45, 7) is 30.4. The Morgan fingerprint density at radius 3 is 1.84 bits per heavy atom. The largest absolute Gasteiger partial charge is 0.389 e. The van der Waals surface area contributed by atoms with Crippen LogP contribution in [0.1, 0.15) is 61.3 Å². The molecule has 0 saturated carbocycles. The third-order valence-corrected chi connectivity index (χ3v) is 19.7. The minimum Gasteiger partial charge on any atom is -0.389 e. The Hall–Kier alpha value is -0.556. The topological polar surface area (TPSA) is 91.3 Å². The standard InChI is InChI=1S/C28H60N2O5Si2/c1-13-25(32)29-30(20-24(31)21-34-16-14-18-36(9,10)26(2,3)4)22-28(8,33)23-35-17-15-19-37(11,12)27(5,6)7/h13,24,31,33H,1,14-23H2,2-12H3,(H,29,32). The predicted molar refractivity (Wildman–Crippen MR) is 161 cm³/mol. The highest BCUT2D eigenvalue weighted by Crippen LogP contribution is 2.40. The Morgan fingerprint density at radius 2 is 1.41 bits per heavy atom. The Morgan fingerprint density at radius 1 is 0.946 bits per heavy atom. The Bertz CT molecular complexity index is 685. The van der Waals surface area contributed by atoms with Crippen molar-refractivity contribution in [3.8, 4) is 0 Å². The minimum absolute atomic E-state index is 0.108. The second-order valence-corrected chi connectivity index (χ2v) is 25.8. The molecule has 0 aromatic carbocycles. The van der Waals surface area contributed by atoms with Crippen molar-refractivity contribution in [3.63, 3.8) is 0 Å². The van der Waals surface area contributed by atoms with Gasteiger partial charge < -0.3 is 19.7 Å². The first-order chi connectivity index (χ1) is 16.6. The van der Waals surface area contributed by atoms with Crippen LogP contribution in [0, 0.1) is 0 Å². The van der Waals surface area contributed by atoms with Crippen molar-refractivity contribution < 1.29 is 24.5 Å². The van der Waals surface area contributed by atoms with E-state index in [9.17, 15) is 15.0 Å². The van der Waals surface area contributed by atoms with E-state index in [1.165, 1.54) is 23.2 Å². The van der Waals surface area contributed by atoms with E-state index in [1.54, 1.807) is 6.92 Å².